The first-order valence-corrected chi connectivity index (χ1v) is 13.7. The van der Waals surface area contributed by atoms with Crippen molar-refractivity contribution < 1.29 is 19.1 Å². The normalized spacial score (nSPS) is 19.4. The number of halogens is 1. The van der Waals surface area contributed by atoms with Gasteiger partial charge in [-0.2, -0.15) is 0 Å². The molecule has 0 saturated heterocycles. The van der Waals surface area contributed by atoms with E-state index in [2.05, 4.69) is 48.1 Å². The Kier molecular flexibility index (Phi) is 7.57. The van der Waals surface area contributed by atoms with Crippen LogP contribution in [0.2, 0.25) is 0 Å². The van der Waals surface area contributed by atoms with Crippen LogP contribution in [0.25, 0.3) is 0 Å². The van der Waals surface area contributed by atoms with Crippen LogP contribution in [0.3, 0.4) is 0 Å². The molecule has 1 aromatic carbocycles. The lowest BCUT2D eigenvalue weighted by atomic mass is 9.70. The molecule has 0 fully saturated rings. The molecule has 1 aromatic heterocycles. The summed E-state index contributed by atoms with van der Waals surface area (Å²) in [4.78, 5) is 28.8. The third-order valence-electron chi connectivity index (χ3n) is 6.46. The van der Waals surface area contributed by atoms with Crippen LogP contribution >= 0.6 is 27.3 Å². The van der Waals surface area contributed by atoms with Crippen molar-refractivity contribution in [3.8, 4) is 5.75 Å². The highest BCUT2D eigenvalue weighted by Crippen LogP contribution is 2.48. The van der Waals surface area contributed by atoms with E-state index in [1.165, 1.54) is 4.88 Å². The number of Topliss-reactive ketones (excluding diaryl/α,β-unsaturated/α-hetero) is 1. The van der Waals surface area contributed by atoms with E-state index in [1.807, 2.05) is 31.2 Å². The van der Waals surface area contributed by atoms with Crippen molar-refractivity contribution in [3.05, 3.63) is 72.7 Å². The Morgan fingerprint density at radius 3 is 2.57 bits per heavy atom. The van der Waals surface area contributed by atoms with Crippen LogP contribution in [0, 0.1) is 5.41 Å². The largest absolute Gasteiger partial charge is 0.489 e. The van der Waals surface area contributed by atoms with Crippen LogP contribution in [0.4, 0.5) is 0 Å². The van der Waals surface area contributed by atoms with E-state index in [0.717, 1.165) is 44.9 Å². The molecule has 0 radical (unpaired) electrons. The Labute approximate surface area is 219 Å². The van der Waals surface area contributed by atoms with Crippen molar-refractivity contribution >= 4 is 39.0 Å². The van der Waals surface area contributed by atoms with Gasteiger partial charge in [-0.25, -0.2) is 4.79 Å². The number of aryl methyl sites for hydroxylation is 1. The fraction of sp³-hybridized carbons (Fsp3) is 0.429. The van der Waals surface area contributed by atoms with Crippen LogP contribution in [0.1, 0.15) is 68.7 Å². The van der Waals surface area contributed by atoms with Gasteiger partial charge >= 0.3 is 5.97 Å². The maximum absolute atomic E-state index is 13.5. The SMILES string of the molecule is CCOC(=O)C1=C(C)NC2=C(C(=O)CC(C)(C)C2)[C@H]1c1cc(COc2ccc(Br)cc2)c(CC)s1. The minimum Gasteiger partial charge on any atom is -0.489 e. The number of nitrogens with one attached hydrogen (secondary N) is 1. The summed E-state index contributed by atoms with van der Waals surface area (Å²) in [6.45, 7) is 10.8. The number of hydrogen-bond donors (Lipinski definition) is 1. The quantitative estimate of drug-likeness (QED) is 0.378. The summed E-state index contributed by atoms with van der Waals surface area (Å²) in [5, 5.41) is 3.39. The Morgan fingerprint density at radius 2 is 1.91 bits per heavy atom. The number of carbonyl (C=O) groups excluding carboxylic acids is 2. The lowest BCUT2D eigenvalue weighted by Gasteiger charge is -2.39. The van der Waals surface area contributed by atoms with Crippen LogP contribution in [0.5, 0.6) is 5.75 Å². The van der Waals surface area contributed by atoms with Crippen molar-refractivity contribution in [1.82, 2.24) is 5.32 Å². The van der Waals surface area contributed by atoms with Gasteiger partial charge < -0.3 is 14.8 Å². The van der Waals surface area contributed by atoms with Gasteiger partial charge in [-0.3, -0.25) is 4.79 Å². The van der Waals surface area contributed by atoms with Gasteiger partial charge in [0.05, 0.1) is 18.1 Å². The van der Waals surface area contributed by atoms with E-state index in [0.29, 0.717) is 24.2 Å². The fourth-order valence-electron chi connectivity index (χ4n) is 4.95. The molecule has 1 N–H and O–H groups in total. The maximum Gasteiger partial charge on any atom is 0.336 e. The molecular formula is C28H32BrNO4S. The number of hydrogen-bond acceptors (Lipinski definition) is 6. The van der Waals surface area contributed by atoms with Crippen LogP contribution in [-0.4, -0.2) is 18.4 Å². The average Bonchev–Trinajstić information content (AvgIpc) is 3.20. The molecule has 0 bridgehead atoms. The number of ether oxygens (including phenoxy) is 2. The first kappa shape index (κ1) is 25.7. The third kappa shape index (κ3) is 5.41. The van der Waals surface area contributed by atoms with E-state index in [-0.39, 0.29) is 23.8 Å². The van der Waals surface area contributed by atoms with Gasteiger partial charge in [0.25, 0.3) is 0 Å². The number of benzene rings is 1. The number of rotatable bonds is 7. The zero-order valence-electron chi connectivity index (χ0n) is 20.9. The number of allylic oxidation sites excluding steroid dienone is 3. The lowest BCUT2D eigenvalue weighted by Crippen LogP contribution is -2.38. The molecule has 1 aliphatic carbocycles. The van der Waals surface area contributed by atoms with Crippen molar-refractivity contribution in [2.75, 3.05) is 6.61 Å². The molecule has 186 valence electrons. The highest BCUT2D eigenvalue weighted by atomic mass is 79.9. The Morgan fingerprint density at radius 1 is 1.20 bits per heavy atom. The highest BCUT2D eigenvalue weighted by Gasteiger charge is 2.43. The molecule has 2 aliphatic rings. The number of esters is 1. The summed E-state index contributed by atoms with van der Waals surface area (Å²) in [5.41, 5.74) is 3.89. The van der Waals surface area contributed by atoms with Crippen LogP contribution in [0.15, 0.2) is 57.3 Å². The molecule has 5 nitrogen and oxygen atoms in total. The van der Waals surface area contributed by atoms with E-state index < -0.39 is 5.92 Å². The summed E-state index contributed by atoms with van der Waals surface area (Å²) >= 11 is 5.11. The molecule has 2 heterocycles. The van der Waals surface area contributed by atoms with Crippen LogP contribution < -0.4 is 10.1 Å². The number of thiophene rings is 1. The molecule has 0 unspecified atom stereocenters. The zero-order chi connectivity index (χ0) is 25.3. The van der Waals surface area contributed by atoms with E-state index >= 15 is 0 Å². The van der Waals surface area contributed by atoms with E-state index in [4.69, 9.17) is 9.47 Å². The van der Waals surface area contributed by atoms with E-state index in [1.54, 1.807) is 18.3 Å². The second-order valence-corrected chi connectivity index (χ2v) is 11.9. The molecular weight excluding hydrogens is 526 g/mol. The number of ketones is 1. The first-order valence-electron chi connectivity index (χ1n) is 12.0. The highest BCUT2D eigenvalue weighted by molar-refractivity contribution is 9.10. The third-order valence-corrected chi connectivity index (χ3v) is 8.38. The van der Waals surface area contributed by atoms with Crippen molar-refractivity contribution in [2.24, 2.45) is 5.41 Å². The zero-order valence-corrected chi connectivity index (χ0v) is 23.3. The standard InChI is InChI=1S/C28H32BrNO4S/c1-6-22-17(15-34-19-10-8-18(29)9-11-19)12-23(35-22)26-24(27(32)33-7-2)16(3)30-20-13-28(4,5)14-21(31)25(20)26/h8-12,26,30H,6-7,13-15H2,1-5H3/t26-/m0/s1. The minimum absolute atomic E-state index is 0.0992. The van der Waals surface area contributed by atoms with Gasteiger partial charge in [-0.15, -0.1) is 11.3 Å². The topological polar surface area (TPSA) is 64.6 Å². The molecule has 0 saturated carbocycles. The van der Waals surface area contributed by atoms with Gasteiger partial charge in [0.1, 0.15) is 12.4 Å². The molecule has 0 spiro atoms. The molecule has 1 atom stereocenters. The molecule has 35 heavy (non-hydrogen) atoms. The molecule has 7 heteroatoms. The van der Waals surface area contributed by atoms with Crippen molar-refractivity contribution in [3.63, 3.8) is 0 Å². The summed E-state index contributed by atoms with van der Waals surface area (Å²) in [7, 11) is 0. The van der Waals surface area contributed by atoms with E-state index in [9.17, 15) is 9.59 Å². The van der Waals surface area contributed by atoms with Crippen molar-refractivity contribution in [1.29, 1.82) is 0 Å². The Balaban J connectivity index is 1.75. The second-order valence-electron chi connectivity index (χ2n) is 9.84. The molecule has 1 aliphatic heterocycles. The van der Waals surface area contributed by atoms with Gasteiger partial charge in [-0.05, 0) is 62.4 Å². The smallest absolute Gasteiger partial charge is 0.336 e. The van der Waals surface area contributed by atoms with Gasteiger partial charge in [-0.1, -0.05) is 36.7 Å². The monoisotopic (exact) mass is 557 g/mol. The predicted molar refractivity (Wildman–Crippen MR) is 142 cm³/mol. The summed E-state index contributed by atoms with van der Waals surface area (Å²) in [5.74, 6) is 0.0982. The van der Waals surface area contributed by atoms with Gasteiger partial charge in [0.2, 0.25) is 0 Å². The average molecular weight is 559 g/mol. The lowest BCUT2D eigenvalue weighted by molar-refractivity contribution is -0.138. The number of dihydropyridines is 1. The predicted octanol–water partition coefficient (Wildman–Crippen LogP) is 6.82. The van der Waals surface area contributed by atoms with Gasteiger partial charge in [0, 0.05) is 43.2 Å². The molecule has 0 amide bonds. The Hall–Kier alpha value is -2.38. The van der Waals surface area contributed by atoms with Crippen LogP contribution in [-0.2, 0) is 27.4 Å². The van der Waals surface area contributed by atoms with Gasteiger partial charge in [0.15, 0.2) is 5.78 Å². The first-order chi connectivity index (χ1) is 16.6. The molecule has 4 rings (SSSR count). The Bertz CT molecular complexity index is 1210. The van der Waals surface area contributed by atoms with Crippen molar-refractivity contribution in [2.45, 2.75) is 66.4 Å². The minimum atomic E-state index is -0.425. The maximum atomic E-state index is 13.5. The summed E-state index contributed by atoms with van der Waals surface area (Å²) < 4.78 is 12.5. The molecule has 2 aromatic rings. The summed E-state index contributed by atoms with van der Waals surface area (Å²) in [6.07, 6.45) is 2.08. The fourth-order valence-corrected chi connectivity index (χ4v) is 6.44. The number of carbonyl (C=O) groups is 2. The second kappa shape index (κ2) is 10.3. The summed E-state index contributed by atoms with van der Waals surface area (Å²) in [6, 6.07) is 9.88.